The molecular formula is C30H32N4O7. The first kappa shape index (κ1) is 28.9. The van der Waals surface area contributed by atoms with E-state index in [4.69, 9.17) is 18.9 Å². The molecule has 0 saturated carbocycles. The largest absolute Gasteiger partial charge is 0.493 e. The van der Waals surface area contributed by atoms with Gasteiger partial charge in [-0.05, 0) is 56.0 Å². The minimum atomic E-state index is -0.762. The van der Waals surface area contributed by atoms with Gasteiger partial charge in [-0.3, -0.25) is 4.79 Å². The van der Waals surface area contributed by atoms with E-state index < -0.39 is 23.9 Å². The van der Waals surface area contributed by atoms with E-state index >= 15 is 0 Å². The van der Waals surface area contributed by atoms with E-state index in [2.05, 4.69) is 21.2 Å². The molecule has 1 aliphatic rings. The lowest BCUT2D eigenvalue weighted by molar-refractivity contribution is -0.139. The Morgan fingerprint density at radius 3 is 2.46 bits per heavy atom. The average molecular weight is 561 g/mol. The van der Waals surface area contributed by atoms with Crippen LogP contribution < -0.4 is 30.3 Å². The van der Waals surface area contributed by atoms with Gasteiger partial charge in [0.05, 0.1) is 38.2 Å². The summed E-state index contributed by atoms with van der Waals surface area (Å²) in [5, 5.41) is 11.3. The van der Waals surface area contributed by atoms with Crippen LogP contribution in [0.4, 0.5) is 4.79 Å². The number of benzene rings is 3. The molecule has 1 atom stereocenters. The quantitative estimate of drug-likeness (QED) is 0.183. The van der Waals surface area contributed by atoms with Crippen molar-refractivity contribution in [2.75, 3.05) is 26.9 Å². The number of hydrogen-bond acceptors (Lipinski definition) is 8. The number of carbonyl (C=O) groups is 3. The highest BCUT2D eigenvalue weighted by Gasteiger charge is 2.32. The summed E-state index contributed by atoms with van der Waals surface area (Å²) in [4.78, 5) is 37.2. The number of nitrogens with one attached hydrogen (secondary N) is 3. The third-order valence-corrected chi connectivity index (χ3v) is 6.25. The summed E-state index contributed by atoms with van der Waals surface area (Å²) >= 11 is 0. The SMILES string of the molecule is CCOC(=O)C1=C(C)NC(=O)N[C@@H]1c1ccc(OCC(=O)N/N=C\c2ccc(OCC)c3ccccc23)c(OC)c1. The third kappa shape index (κ3) is 6.75. The fraction of sp³-hybridized carbons (Fsp3) is 0.267. The first-order valence-corrected chi connectivity index (χ1v) is 13.1. The van der Waals surface area contributed by atoms with E-state index in [0.29, 0.717) is 29.4 Å². The van der Waals surface area contributed by atoms with Crippen LogP contribution in [0.5, 0.6) is 17.2 Å². The van der Waals surface area contributed by atoms with E-state index in [9.17, 15) is 14.4 Å². The van der Waals surface area contributed by atoms with Crippen molar-refractivity contribution in [2.24, 2.45) is 5.10 Å². The van der Waals surface area contributed by atoms with Crippen LogP contribution in [0.25, 0.3) is 10.8 Å². The summed E-state index contributed by atoms with van der Waals surface area (Å²) in [7, 11) is 1.45. The lowest BCUT2D eigenvalue weighted by Gasteiger charge is -2.28. The number of hydrazone groups is 1. The molecule has 1 aliphatic heterocycles. The van der Waals surface area contributed by atoms with Gasteiger partial charge in [0.25, 0.3) is 5.91 Å². The molecule has 0 bridgehead atoms. The van der Waals surface area contributed by atoms with Gasteiger partial charge in [-0.15, -0.1) is 0 Å². The van der Waals surface area contributed by atoms with Crippen molar-refractivity contribution in [3.05, 3.63) is 77.0 Å². The van der Waals surface area contributed by atoms with Gasteiger partial charge in [0.1, 0.15) is 5.75 Å². The molecule has 0 fully saturated rings. The number of ether oxygens (including phenoxy) is 4. The Kier molecular flexibility index (Phi) is 9.41. The molecule has 0 spiro atoms. The van der Waals surface area contributed by atoms with Gasteiger partial charge in [-0.25, -0.2) is 15.0 Å². The predicted octanol–water partition coefficient (Wildman–Crippen LogP) is 3.97. The molecule has 3 aromatic rings. The van der Waals surface area contributed by atoms with Crippen molar-refractivity contribution in [3.8, 4) is 17.2 Å². The fourth-order valence-electron chi connectivity index (χ4n) is 4.44. The summed E-state index contributed by atoms with van der Waals surface area (Å²) in [6.07, 6.45) is 1.56. The zero-order chi connectivity index (χ0) is 29.4. The fourth-order valence-corrected chi connectivity index (χ4v) is 4.44. The van der Waals surface area contributed by atoms with E-state index in [1.807, 2.05) is 43.3 Å². The molecule has 4 rings (SSSR count). The van der Waals surface area contributed by atoms with Crippen LogP contribution in [-0.4, -0.2) is 51.1 Å². The van der Waals surface area contributed by atoms with Gasteiger partial charge in [-0.1, -0.05) is 30.3 Å². The molecule has 3 N–H and O–H groups in total. The number of urea groups is 1. The first-order valence-electron chi connectivity index (χ1n) is 13.1. The number of esters is 1. The molecule has 3 amide bonds. The minimum absolute atomic E-state index is 0.190. The number of fused-ring (bicyclic) bond motifs is 1. The number of nitrogens with zero attached hydrogens (tertiary/aromatic N) is 1. The molecule has 0 aliphatic carbocycles. The molecule has 41 heavy (non-hydrogen) atoms. The van der Waals surface area contributed by atoms with Crippen LogP contribution >= 0.6 is 0 Å². The van der Waals surface area contributed by atoms with E-state index in [0.717, 1.165) is 22.1 Å². The monoisotopic (exact) mass is 560 g/mol. The first-order chi connectivity index (χ1) is 19.9. The standard InChI is InChI=1S/C30H32N4O7/c1-5-39-23-13-12-20(21-9-7-8-10-22(21)23)16-31-34-26(35)17-41-24-14-11-19(15-25(24)38-4)28-27(29(36)40-6-2)18(3)32-30(37)33-28/h7-16,28H,5-6,17H2,1-4H3,(H,34,35)(H2,32,33,37)/b31-16-/t28-/m1/s1. The summed E-state index contributed by atoms with van der Waals surface area (Å²) in [6, 6.07) is 15.2. The molecule has 0 saturated heterocycles. The molecule has 214 valence electrons. The van der Waals surface area contributed by atoms with Gasteiger partial charge < -0.3 is 29.6 Å². The molecule has 0 unspecified atom stereocenters. The highest BCUT2D eigenvalue weighted by Crippen LogP contribution is 2.34. The van der Waals surface area contributed by atoms with Crippen LogP contribution in [0, 0.1) is 0 Å². The molecule has 0 radical (unpaired) electrons. The van der Waals surface area contributed by atoms with E-state index in [1.165, 1.54) is 7.11 Å². The number of carbonyl (C=O) groups excluding carboxylic acids is 3. The zero-order valence-electron chi connectivity index (χ0n) is 23.3. The highest BCUT2D eigenvalue weighted by atomic mass is 16.5. The Morgan fingerprint density at radius 2 is 1.73 bits per heavy atom. The Labute approximate surface area is 237 Å². The lowest BCUT2D eigenvalue weighted by atomic mass is 9.95. The van der Waals surface area contributed by atoms with Crippen molar-refractivity contribution < 1.29 is 33.3 Å². The Hall–Kier alpha value is -5.06. The number of methoxy groups -OCH3 is 1. The topological polar surface area (TPSA) is 137 Å². The maximum absolute atomic E-state index is 12.6. The smallest absolute Gasteiger partial charge is 0.338 e. The second kappa shape index (κ2) is 13.3. The predicted molar refractivity (Wildman–Crippen MR) is 153 cm³/mol. The Morgan fingerprint density at radius 1 is 0.976 bits per heavy atom. The number of amides is 3. The second-order valence-electron chi connectivity index (χ2n) is 8.91. The maximum atomic E-state index is 12.6. The molecule has 11 nitrogen and oxygen atoms in total. The molecule has 0 aromatic heterocycles. The second-order valence-corrected chi connectivity index (χ2v) is 8.91. The molecule has 1 heterocycles. The maximum Gasteiger partial charge on any atom is 0.338 e. The third-order valence-electron chi connectivity index (χ3n) is 6.25. The van der Waals surface area contributed by atoms with Crippen molar-refractivity contribution >= 4 is 34.9 Å². The van der Waals surface area contributed by atoms with Crippen LogP contribution in [0.2, 0.25) is 0 Å². The Bertz CT molecular complexity index is 1520. The molecular weight excluding hydrogens is 528 g/mol. The van der Waals surface area contributed by atoms with Crippen molar-refractivity contribution in [1.82, 2.24) is 16.1 Å². The number of allylic oxidation sites excluding steroid dienone is 1. The number of rotatable bonds is 11. The van der Waals surface area contributed by atoms with Crippen LogP contribution in [0.15, 0.2) is 71.0 Å². The Balaban J connectivity index is 1.43. The van der Waals surface area contributed by atoms with Gasteiger partial charge >= 0.3 is 12.0 Å². The summed E-state index contributed by atoms with van der Waals surface area (Å²) in [5.41, 5.74) is 4.53. The lowest BCUT2D eigenvalue weighted by Crippen LogP contribution is -2.45. The van der Waals surface area contributed by atoms with E-state index in [1.54, 1.807) is 38.3 Å². The summed E-state index contributed by atoms with van der Waals surface area (Å²) in [6.45, 7) is 5.69. The van der Waals surface area contributed by atoms with Crippen molar-refractivity contribution in [3.63, 3.8) is 0 Å². The van der Waals surface area contributed by atoms with E-state index in [-0.39, 0.29) is 18.8 Å². The van der Waals surface area contributed by atoms with Gasteiger partial charge in [0.2, 0.25) is 0 Å². The molecule has 3 aromatic carbocycles. The molecule has 11 heteroatoms. The number of hydrogen-bond donors (Lipinski definition) is 3. The van der Waals surface area contributed by atoms with Crippen LogP contribution in [0.1, 0.15) is 37.9 Å². The van der Waals surface area contributed by atoms with Crippen molar-refractivity contribution in [2.45, 2.75) is 26.8 Å². The minimum Gasteiger partial charge on any atom is -0.493 e. The normalized spacial score (nSPS) is 14.8. The summed E-state index contributed by atoms with van der Waals surface area (Å²) in [5.74, 6) is 0.372. The van der Waals surface area contributed by atoms with Crippen molar-refractivity contribution in [1.29, 1.82) is 0 Å². The highest BCUT2D eigenvalue weighted by molar-refractivity contribution is 6.02. The van der Waals surface area contributed by atoms with Crippen LogP contribution in [-0.2, 0) is 14.3 Å². The zero-order valence-corrected chi connectivity index (χ0v) is 23.3. The van der Waals surface area contributed by atoms with Gasteiger partial charge in [0, 0.05) is 16.6 Å². The van der Waals surface area contributed by atoms with Gasteiger partial charge in [-0.2, -0.15) is 5.10 Å². The summed E-state index contributed by atoms with van der Waals surface area (Å²) < 4.78 is 22.0. The average Bonchev–Trinajstić information content (AvgIpc) is 2.96. The van der Waals surface area contributed by atoms with Gasteiger partial charge in [0.15, 0.2) is 18.1 Å². The van der Waals surface area contributed by atoms with Crippen LogP contribution in [0.3, 0.4) is 0 Å².